The highest BCUT2D eigenvalue weighted by molar-refractivity contribution is 6.01. The minimum atomic E-state index is -0.412. The fraction of sp³-hybridized carbons (Fsp3) is 0.375. The Labute approximate surface area is 248 Å². The first kappa shape index (κ1) is 27.6. The molecule has 43 heavy (non-hydrogen) atoms. The largest absolute Gasteiger partial charge is 0.383 e. The van der Waals surface area contributed by atoms with Gasteiger partial charge in [-0.25, -0.2) is 28.7 Å². The molecule has 222 valence electrons. The van der Waals surface area contributed by atoms with Crippen molar-refractivity contribution in [3.8, 4) is 11.1 Å². The number of nitrogen functional groups attached to an aromatic ring is 1. The lowest BCUT2D eigenvalue weighted by atomic mass is 9.89. The molecule has 0 bridgehead atoms. The lowest BCUT2D eigenvalue weighted by molar-refractivity contribution is 0.0828. The molecule has 1 saturated heterocycles. The van der Waals surface area contributed by atoms with Gasteiger partial charge in [-0.1, -0.05) is 0 Å². The minimum absolute atomic E-state index is 0.264. The predicted molar refractivity (Wildman–Crippen MR) is 165 cm³/mol. The van der Waals surface area contributed by atoms with Crippen molar-refractivity contribution in [1.82, 2.24) is 34.3 Å². The zero-order chi connectivity index (χ0) is 29.7. The van der Waals surface area contributed by atoms with Crippen LogP contribution in [0.15, 0.2) is 49.1 Å². The first-order valence-electron chi connectivity index (χ1n) is 14.9. The molecule has 0 unspecified atom stereocenters. The number of rotatable bonds is 5. The van der Waals surface area contributed by atoms with E-state index < -0.39 is 5.82 Å². The van der Waals surface area contributed by atoms with Gasteiger partial charge in [0, 0.05) is 72.9 Å². The van der Waals surface area contributed by atoms with E-state index in [1.807, 2.05) is 6.20 Å². The van der Waals surface area contributed by atoms with E-state index in [1.54, 1.807) is 31.3 Å². The standard InChI is InChI=1S/C32H35F2N9/c1-19-13-28-20(14-26(19)33)16-36-32(40-28)39-21-3-8-24(27(34)15-21)25-17-43(31-29(25)30(35)37-18-38-31)23-6-4-22(5-7-23)42-11-9-41(2)10-12-42/h3,8,13-18,22-23H,4-7,9-12H2,1-2H3,(H2,35,37,38)(H,36,39,40)/t22-,23+. The Morgan fingerprint density at radius 1 is 0.884 bits per heavy atom. The summed E-state index contributed by atoms with van der Waals surface area (Å²) in [6.45, 7) is 6.19. The molecular weight excluding hydrogens is 548 g/mol. The summed E-state index contributed by atoms with van der Waals surface area (Å²) >= 11 is 0. The molecule has 3 N–H and O–H groups in total. The summed E-state index contributed by atoms with van der Waals surface area (Å²) in [5, 5.41) is 4.34. The van der Waals surface area contributed by atoms with Crippen LogP contribution in [-0.4, -0.2) is 73.6 Å². The topological polar surface area (TPSA) is 101 Å². The molecule has 5 aromatic rings. The second-order valence-electron chi connectivity index (χ2n) is 11.9. The third-order valence-corrected chi connectivity index (χ3v) is 9.13. The van der Waals surface area contributed by atoms with Crippen molar-refractivity contribution in [2.75, 3.05) is 44.3 Å². The van der Waals surface area contributed by atoms with Crippen molar-refractivity contribution < 1.29 is 8.78 Å². The highest BCUT2D eigenvalue weighted by Crippen LogP contribution is 2.40. The molecule has 0 spiro atoms. The summed E-state index contributed by atoms with van der Waals surface area (Å²) in [7, 11) is 2.19. The van der Waals surface area contributed by atoms with Crippen molar-refractivity contribution in [3.63, 3.8) is 0 Å². The van der Waals surface area contributed by atoms with E-state index in [0.717, 1.165) is 57.5 Å². The van der Waals surface area contributed by atoms with Crippen LogP contribution in [0, 0.1) is 18.6 Å². The number of aromatic nitrogens is 5. The normalized spacial score (nSPS) is 20.2. The maximum Gasteiger partial charge on any atom is 0.227 e. The molecule has 1 saturated carbocycles. The van der Waals surface area contributed by atoms with Crippen LogP contribution in [0.1, 0.15) is 37.3 Å². The summed E-state index contributed by atoms with van der Waals surface area (Å²) in [6.07, 6.45) is 9.36. The van der Waals surface area contributed by atoms with E-state index in [-0.39, 0.29) is 11.9 Å². The highest BCUT2D eigenvalue weighted by Gasteiger charge is 2.30. The van der Waals surface area contributed by atoms with Gasteiger partial charge in [0.05, 0.1) is 10.9 Å². The molecule has 1 aliphatic carbocycles. The monoisotopic (exact) mass is 583 g/mol. The Kier molecular flexibility index (Phi) is 7.14. The number of nitrogens with one attached hydrogen (secondary N) is 1. The molecule has 2 aromatic carbocycles. The summed E-state index contributed by atoms with van der Waals surface area (Å²) < 4.78 is 31.9. The number of piperazine rings is 1. The van der Waals surface area contributed by atoms with Gasteiger partial charge >= 0.3 is 0 Å². The maximum atomic E-state index is 15.8. The summed E-state index contributed by atoms with van der Waals surface area (Å²) in [5.41, 5.74) is 9.81. The fourth-order valence-electron chi connectivity index (χ4n) is 6.64. The number of halogens is 2. The van der Waals surface area contributed by atoms with Crippen LogP contribution in [0.4, 0.5) is 26.2 Å². The molecule has 1 aliphatic heterocycles. The third-order valence-electron chi connectivity index (χ3n) is 9.13. The Morgan fingerprint density at radius 2 is 1.65 bits per heavy atom. The van der Waals surface area contributed by atoms with Gasteiger partial charge in [0.2, 0.25) is 5.95 Å². The average Bonchev–Trinajstić information content (AvgIpc) is 3.39. The molecular formula is C32H35F2N9. The lowest BCUT2D eigenvalue weighted by Gasteiger charge is -2.41. The number of aryl methyl sites for hydroxylation is 1. The first-order chi connectivity index (χ1) is 20.8. The lowest BCUT2D eigenvalue weighted by Crippen LogP contribution is -2.49. The number of hydrogen-bond acceptors (Lipinski definition) is 8. The number of nitrogens with zero attached hydrogens (tertiary/aromatic N) is 7. The highest BCUT2D eigenvalue weighted by atomic mass is 19.1. The predicted octanol–water partition coefficient (Wildman–Crippen LogP) is 5.69. The van der Waals surface area contributed by atoms with E-state index in [1.165, 1.54) is 18.5 Å². The third kappa shape index (κ3) is 5.27. The average molecular weight is 584 g/mol. The van der Waals surface area contributed by atoms with Crippen LogP contribution in [0.5, 0.6) is 0 Å². The van der Waals surface area contributed by atoms with E-state index in [0.29, 0.717) is 56.5 Å². The van der Waals surface area contributed by atoms with Gasteiger partial charge in [-0.3, -0.25) is 4.90 Å². The number of benzene rings is 2. The molecule has 7 rings (SSSR count). The molecule has 0 amide bonds. The number of likely N-dealkylation sites (N-methyl/N-ethyl adjacent to an activating group) is 1. The van der Waals surface area contributed by atoms with Crippen molar-refractivity contribution >= 4 is 39.4 Å². The van der Waals surface area contributed by atoms with Gasteiger partial charge in [0.15, 0.2) is 0 Å². The van der Waals surface area contributed by atoms with Crippen LogP contribution < -0.4 is 11.1 Å². The first-order valence-corrected chi connectivity index (χ1v) is 14.9. The van der Waals surface area contributed by atoms with Gasteiger partial charge in [0.25, 0.3) is 0 Å². The second kappa shape index (κ2) is 11.1. The van der Waals surface area contributed by atoms with Gasteiger partial charge in [-0.15, -0.1) is 0 Å². The zero-order valence-electron chi connectivity index (χ0n) is 24.4. The quantitative estimate of drug-likeness (QED) is 0.272. The van der Waals surface area contributed by atoms with Crippen LogP contribution in [0.25, 0.3) is 33.1 Å². The van der Waals surface area contributed by atoms with Crippen molar-refractivity contribution in [1.29, 1.82) is 0 Å². The van der Waals surface area contributed by atoms with Crippen molar-refractivity contribution in [2.45, 2.75) is 44.7 Å². The SMILES string of the molecule is Cc1cc2nc(Nc3ccc(-c4cn([C@H]5CC[C@@H](N6CCN(C)CC6)CC5)c5ncnc(N)c45)c(F)c3)ncc2cc1F. The van der Waals surface area contributed by atoms with E-state index in [2.05, 4.69) is 46.7 Å². The Hall–Kier alpha value is -4.22. The molecule has 11 heteroatoms. The fourth-order valence-corrected chi connectivity index (χ4v) is 6.64. The second-order valence-corrected chi connectivity index (χ2v) is 11.9. The maximum absolute atomic E-state index is 15.8. The molecule has 9 nitrogen and oxygen atoms in total. The number of fused-ring (bicyclic) bond motifs is 2. The molecule has 0 atom stereocenters. The molecule has 3 aromatic heterocycles. The summed E-state index contributed by atoms with van der Waals surface area (Å²) in [6, 6.07) is 8.89. The zero-order valence-corrected chi connectivity index (χ0v) is 24.4. The number of nitrogens with two attached hydrogens (primary N) is 1. The van der Waals surface area contributed by atoms with Crippen LogP contribution in [0.3, 0.4) is 0 Å². The van der Waals surface area contributed by atoms with Crippen molar-refractivity contribution in [3.05, 3.63) is 66.3 Å². The summed E-state index contributed by atoms with van der Waals surface area (Å²) in [4.78, 5) is 22.6. The Bertz CT molecular complexity index is 1800. The van der Waals surface area contributed by atoms with Crippen molar-refractivity contribution in [2.24, 2.45) is 0 Å². The van der Waals surface area contributed by atoms with Gasteiger partial charge in [-0.2, -0.15) is 0 Å². The Morgan fingerprint density at radius 3 is 2.42 bits per heavy atom. The van der Waals surface area contributed by atoms with Gasteiger partial charge in [-0.05, 0) is 75.5 Å². The van der Waals surface area contributed by atoms with Crippen LogP contribution in [-0.2, 0) is 0 Å². The summed E-state index contributed by atoms with van der Waals surface area (Å²) in [5.74, 6) is -0.0835. The number of hydrogen-bond donors (Lipinski definition) is 2. The van der Waals surface area contributed by atoms with E-state index in [4.69, 9.17) is 5.73 Å². The minimum Gasteiger partial charge on any atom is -0.383 e. The van der Waals surface area contributed by atoms with Crippen LogP contribution >= 0.6 is 0 Å². The van der Waals surface area contributed by atoms with E-state index in [9.17, 15) is 4.39 Å². The Balaban J connectivity index is 1.14. The molecule has 0 radical (unpaired) electrons. The molecule has 4 heterocycles. The smallest absolute Gasteiger partial charge is 0.227 e. The number of anilines is 3. The van der Waals surface area contributed by atoms with Gasteiger partial charge in [0.1, 0.15) is 29.4 Å². The molecule has 2 fully saturated rings. The molecule has 2 aliphatic rings. The van der Waals surface area contributed by atoms with Crippen LogP contribution in [0.2, 0.25) is 0 Å². The van der Waals surface area contributed by atoms with E-state index >= 15 is 4.39 Å². The van der Waals surface area contributed by atoms with Gasteiger partial charge < -0.3 is 20.5 Å².